The molecule has 1 aliphatic rings. The maximum absolute atomic E-state index is 12.1. The van der Waals surface area contributed by atoms with Gasteiger partial charge in [-0.2, -0.15) is 0 Å². The van der Waals surface area contributed by atoms with Crippen LogP contribution in [-0.4, -0.2) is 12.6 Å². The van der Waals surface area contributed by atoms with Crippen LogP contribution >= 0.6 is 0 Å². The van der Waals surface area contributed by atoms with Gasteiger partial charge in [-0.25, -0.2) is 0 Å². The van der Waals surface area contributed by atoms with Crippen molar-refractivity contribution < 1.29 is 5.06 Å². The first-order valence-electron chi connectivity index (χ1n) is 13.2. The highest BCUT2D eigenvalue weighted by Crippen LogP contribution is 2.30. The molecule has 0 aromatic heterocycles. The lowest BCUT2D eigenvalue weighted by Gasteiger charge is -2.44. The molecule has 0 aromatic carbocycles. The maximum Gasteiger partial charge on any atom is 0.0971 e. The fourth-order valence-corrected chi connectivity index (χ4v) is 5.19. The second-order valence-electron chi connectivity index (χ2n) is 9.80. The number of quaternary nitrogens is 1. The Kier molecular flexibility index (Phi) is 16.5. The van der Waals surface area contributed by atoms with E-state index in [9.17, 15) is 5.21 Å². The van der Waals surface area contributed by atoms with Gasteiger partial charge in [-0.15, -0.1) is 0 Å². The van der Waals surface area contributed by atoms with Crippen molar-refractivity contribution >= 4 is 0 Å². The van der Waals surface area contributed by atoms with E-state index in [0.29, 0.717) is 5.06 Å². The van der Waals surface area contributed by atoms with Crippen molar-refractivity contribution in [3.63, 3.8) is 0 Å². The molecule has 0 spiro atoms. The summed E-state index contributed by atoms with van der Waals surface area (Å²) in [5.74, 6) is 0. The molecule has 0 bridgehead atoms. The van der Waals surface area contributed by atoms with E-state index in [2.05, 4.69) is 6.92 Å². The van der Waals surface area contributed by atoms with E-state index < -0.39 is 0 Å². The molecular weight excluding hydrogens is 342 g/mol. The number of hydrogen-bond acceptors (Lipinski definition) is 1. The summed E-state index contributed by atoms with van der Waals surface area (Å²) in [5.41, 5.74) is 0.0771. The van der Waals surface area contributed by atoms with Gasteiger partial charge in [0.05, 0.1) is 12.6 Å². The van der Waals surface area contributed by atoms with Crippen LogP contribution in [0.15, 0.2) is 0 Å². The molecule has 1 saturated carbocycles. The fourth-order valence-electron chi connectivity index (χ4n) is 5.19. The first-order valence-corrected chi connectivity index (χ1v) is 13.2. The minimum Gasteiger partial charge on any atom is -0.634 e. The third-order valence-corrected chi connectivity index (χ3v) is 7.32. The monoisotopic (exact) mass is 395 g/mol. The van der Waals surface area contributed by atoms with Crippen LogP contribution in [0.4, 0.5) is 0 Å². The highest BCUT2D eigenvalue weighted by Gasteiger charge is 2.35. The Labute approximate surface area is 177 Å². The zero-order valence-electron chi connectivity index (χ0n) is 19.7. The van der Waals surface area contributed by atoms with Crippen molar-refractivity contribution in [1.29, 1.82) is 0 Å². The number of unbranched alkanes of at least 4 members (excludes halogenated alkanes) is 16. The average Bonchev–Trinajstić information content (AvgIpc) is 2.71. The Morgan fingerprint density at radius 1 is 0.571 bits per heavy atom. The van der Waals surface area contributed by atoms with Crippen LogP contribution in [0.2, 0.25) is 0 Å². The third kappa shape index (κ3) is 12.5. The zero-order chi connectivity index (χ0) is 20.3. The molecule has 2 heteroatoms. The van der Waals surface area contributed by atoms with Crippen molar-refractivity contribution in [2.45, 2.75) is 160 Å². The summed E-state index contributed by atoms with van der Waals surface area (Å²) in [6, 6.07) is 0. The molecule has 168 valence electrons. The van der Waals surface area contributed by atoms with Gasteiger partial charge in [0.2, 0.25) is 0 Å². The van der Waals surface area contributed by atoms with Crippen molar-refractivity contribution in [3.8, 4) is 0 Å². The van der Waals surface area contributed by atoms with E-state index in [-0.39, 0.29) is 5.54 Å². The molecule has 1 atom stereocenters. The topological polar surface area (TPSA) is 27.5 Å². The van der Waals surface area contributed by atoms with Crippen LogP contribution in [0.25, 0.3) is 0 Å². The van der Waals surface area contributed by atoms with Crippen LogP contribution in [0.5, 0.6) is 0 Å². The van der Waals surface area contributed by atoms with E-state index in [0.717, 1.165) is 0 Å². The molecule has 1 rings (SSSR count). The molecule has 0 saturated heterocycles. The fraction of sp³-hybridized carbons (Fsp3) is 1.00. The second-order valence-corrected chi connectivity index (χ2v) is 9.80. The van der Waals surface area contributed by atoms with Crippen LogP contribution in [0.3, 0.4) is 0 Å². The van der Waals surface area contributed by atoms with E-state index in [1.54, 1.807) is 0 Å². The Bertz CT molecular complexity index is 322. The van der Waals surface area contributed by atoms with E-state index in [1.807, 2.05) is 7.05 Å². The summed E-state index contributed by atoms with van der Waals surface area (Å²) in [6.07, 6.45) is 31.6. The Hall–Kier alpha value is -0.0800. The van der Waals surface area contributed by atoms with Crippen molar-refractivity contribution in [3.05, 3.63) is 5.21 Å². The first kappa shape index (κ1) is 26.0. The first-order chi connectivity index (χ1) is 13.7. The molecule has 1 unspecified atom stereocenters. The van der Waals surface area contributed by atoms with Gasteiger partial charge in [0.15, 0.2) is 0 Å². The Morgan fingerprint density at radius 3 is 1.29 bits per heavy atom. The lowest BCUT2D eigenvalue weighted by atomic mass is 9.78. The molecule has 2 nitrogen and oxygen atoms in total. The Balaban J connectivity index is 1.81. The second kappa shape index (κ2) is 17.8. The van der Waals surface area contributed by atoms with Crippen molar-refractivity contribution in [2.24, 2.45) is 0 Å². The van der Waals surface area contributed by atoms with E-state index >= 15 is 0 Å². The van der Waals surface area contributed by atoms with Crippen LogP contribution in [0.1, 0.15) is 155 Å². The maximum atomic E-state index is 12.1. The molecule has 1 N–H and O–H groups in total. The molecule has 0 aromatic rings. The summed E-state index contributed by atoms with van der Waals surface area (Å²) in [6.45, 7) is 2.29. The van der Waals surface area contributed by atoms with Gasteiger partial charge in [0.1, 0.15) is 0 Å². The highest BCUT2D eigenvalue weighted by molar-refractivity contribution is 4.82. The summed E-state index contributed by atoms with van der Waals surface area (Å²) >= 11 is 0. The smallest absolute Gasteiger partial charge is 0.0971 e. The molecule has 0 heterocycles. The highest BCUT2D eigenvalue weighted by atomic mass is 16.5. The SMILES string of the molecule is CCCCCCCCCCCCCCCCCCCC1([NH+](C)[O-])CCCCC1. The van der Waals surface area contributed by atoms with Crippen LogP contribution in [0, 0.1) is 5.21 Å². The largest absolute Gasteiger partial charge is 0.634 e. The van der Waals surface area contributed by atoms with Crippen molar-refractivity contribution in [2.75, 3.05) is 7.05 Å². The zero-order valence-corrected chi connectivity index (χ0v) is 19.7. The molecule has 0 amide bonds. The number of hydrogen-bond donors (Lipinski definition) is 1. The predicted molar refractivity (Wildman–Crippen MR) is 125 cm³/mol. The number of nitrogens with one attached hydrogen (secondary N) is 1. The van der Waals surface area contributed by atoms with Gasteiger partial charge >= 0.3 is 0 Å². The lowest BCUT2D eigenvalue weighted by molar-refractivity contribution is -0.888. The molecule has 0 radical (unpaired) electrons. The average molecular weight is 396 g/mol. The quantitative estimate of drug-likeness (QED) is 0.176. The van der Waals surface area contributed by atoms with Gasteiger partial charge < -0.3 is 10.3 Å². The van der Waals surface area contributed by atoms with Gasteiger partial charge in [-0.1, -0.05) is 116 Å². The van der Waals surface area contributed by atoms with Gasteiger partial charge in [0, 0.05) is 19.3 Å². The molecule has 28 heavy (non-hydrogen) atoms. The van der Waals surface area contributed by atoms with E-state index in [4.69, 9.17) is 0 Å². The molecule has 1 fully saturated rings. The molecule has 1 aliphatic carbocycles. The van der Waals surface area contributed by atoms with E-state index in [1.165, 1.54) is 148 Å². The summed E-state index contributed by atoms with van der Waals surface area (Å²) < 4.78 is 0. The minimum atomic E-state index is 0.0771. The minimum absolute atomic E-state index is 0.0771. The van der Waals surface area contributed by atoms with Gasteiger partial charge in [-0.3, -0.25) is 0 Å². The Morgan fingerprint density at radius 2 is 0.929 bits per heavy atom. The third-order valence-electron chi connectivity index (χ3n) is 7.32. The van der Waals surface area contributed by atoms with Crippen LogP contribution in [-0.2, 0) is 0 Å². The molecular formula is C26H53NO. The predicted octanol–water partition coefficient (Wildman–Crippen LogP) is 7.74. The van der Waals surface area contributed by atoms with Crippen molar-refractivity contribution in [1.82, 2.24) is 0 Å². The summed E-state index contributed by atoms with van der Waals surface area (Å²) in [5, 5.41) is 12.6. The summed E-state index contributed by atoms with van der Waals surface area (Å²) in [4.78, 5) is 0. The van der Waals surface area contributed by atoms with Gasteiger partial charge in [-0.05, 0) is 19.3 Å². The van der Waals surface area contributed by atoms with Gasteiger partial charge in [0.25, 0.3) is 0 Å². The summed E-state index contributed by atoms with van der Waals surface area (Å²) in [7, 11) is 1.85. The molecule has 0 aliphatic heterocycles. The normalized spacial score (nSPS) is 17.7. The standard InChI is InChI=1S/C26H53NO/c1-3-4-5-6-7-8-9-10-11-12-13-14-15-16-17-18-20-23-26(27(2)28)24-21-19-22-25-26/h27H,3-25H2,1-2H3. The number of rotatable bonds is 19. The number of hydroxylamine groups is 2. The van der Waals surface area contributed by atoms with Crippen LogP contribution < -0.4 is 5.06 Å². The lowest BCUT2D eigenvalue weighted by Crippen LogP contribution is -3.13.